The largest absolute Gasteiger partial charge is 0.482 e. The molecule has 0 amide bonds. The predicted molar refractivity (Wildman–Crippen MR) is 65.4 cm³/mol. The van der Waals surface area contributed by atoms with Gasteiger partial charge in [0.15, 0.2) is 6.61 Å². The number of ether oxygens (including phenoxy) is 2. The Morgan fingerprint density at radius 3 is 2.50 bits per heavy atom. The second-order valence-electron chi connectivity index (χ2n) is 3.82. The van der Waals surface area contributed by atoms with Gasteiger partial charge in [-0.25, -0.2) is 4.79 Å². The molecule has 0 bridgehead atoms. The Labute approximate surface area is 104 Å². The van der Waals surface area contributed by atoms with Crippen molar-refractivity contribution in [3.8, 4) is 5.75 Å². The molecule has 0 atom stereocenters. The molecule has 0 unspecified atom stereocenters. The molecule has 0 N–H and O–H groups in total. The van der Waals surface area contributed by atoms with Crippen molar-refractivity contribution < 1.29 is 14.3 Å². The Morgan fingerprint density at radius 2 is 1.94 bits per heavy atom. The summed E-state index contributed by atoms with van der Waals surface area (Å²) in [5.74, 6) is 0.665. The Morgan fingerprint density at radius 1 is 1.31 bits per heavy atom. The molecule has 0 heterocycles. The van der Waals surface area contributed by atoms with E-state index < -0.39 is 0 Å². The molecule has 0 fully saturated rings. The van der Waals surface area contributed by atoms with Crippen molar-refractivity contribution in [1.29, 1.82) is 0 Å². The van der Waals surface area contributed by atoms with Crippen LogP contribution in [0, 0.1) is 5.92 Å². The van der Waals surface area contributed by atoms with E-state index in [2.05, 4.69) is 15.9 Å². The van der Waals surface area contributed by atoms with Gasteiger partial charge in [0.25, 0.3) is 0 Å². The van der Waals surface area contributed by atoms with E-state index >= 15 is 0 Å². The summed E-state index contributed by atoms with van der Waals surface area (Å²) in [6.45, 7) is 4.36. The Kier molecular flexibility index (Phi) is 5.32. The predicted octanol–water partition coefficient (Wildman–Crippen LogP) is 3.03. The average molecular weight is 287 g/mol. The van der Waals surface area contributed by atoms with Crippen LogP contribution in [0.25, 0.3) is 0 Å². The number of carbonyl (C=O) groups excluding carboxylic acids is 1. The maximum Gasteiger partial charge on any atom is 0.344 e. The van der Waals surface area contributed by atoms with Crippen molar-refractivity contribution in [1.82, 2.24) is 0 Å². The molecule has 4 heteroatoms. The highest BCUT2D eigenvalue weighted by Gasteiger charge is 2.05. The quantitative estimate of drug-likeness (QED) is 0.781. The molecule has 1 aromatic rings. The van der Waals surface area contributed by atoms with E-state index in [1.165, 1.54) is 0 Å². The van der Waals surface area contributed by atoms with Crippen LogP contribution in [-0.4, -0.2) is 19.2 Å². The van der Waals surface area contributed by atoms with Gasteiger partial charge < -0.3 is 9.47 Å². The molecule has 0 spiro atoms. The van der Waals surface area contributed by atoms with Gasteiger partial charge in [0.1, 0.15) is 5.75 Å². The fraction of sp³-hybridized carbons (Fsp3) is 0.417. The third kappa shape index (κ3) is 5.16. The van der Waals surface area contributed by atoms with Crippen molar-refractivity contribution in [2.45, 2.75) is 13.8 Å². The molecular formula is C12H15BrO3. The summed E-state index contributed by atoms with van der Waals surface area (Å²) in [6.07, 6.45) is 0. The molecule has 0 aliphatic rings. The molecule has 0 saturated carbocycles. The molecule has 0 radical (unpaired) electrons. The number of halogens is 1. The number of benzene rings is 1. The normalized spacial score (nSPS) is 10.2. The molecule has 0 aromatic heterocycles. The van der Waals surface area contributed by atoms with E-state index in [1.54, 1.807) is 12.1 Å². The van der Waals surface area contributed by atoms with Crippen LogP contribution < -0.4 is 4.74 Å². The molecule has 88 valence electrons. The Hall–Kier alpha value is -1.03. The minimum Gasteiger partial charge on any atom is -0.482 e. The van der Waals surface area contributed by atoms with Crippen molar-refractivity contribution in [2.75, 3.05) is 13.2 Å². The lowest BCUT2D eigenvalue weighted by Crippen LogP contribution is -2.17. The maximum absolute atomic E-state index is 11.2. The molecule has 0 aliphatic carbocycles. The zero-order valence-electron chi connectivity index (χ0n) is 9.40. The summed E-state index contributed by atoms with van der Waals surface area (Å²) in [5, 5.41) is 0. The zero-order valence-corrected chi connectivity index (χ0v) is 11.0. The molecule has 16 heavy (non-hydrogen) atoms. The summed E-state index contributed by atoms with van der Waals surface area (Å²) >= 11 is 3.32. The molecule has 3 nitrogen and oxygen atoms in total. The third-order valence-corrected chi connectivity index (χ3v) is 2.28. The van der Waals surface area contributed by atoms with E-state index in [1.807, 2.05) is 26.0 Å². The fourth-order valence-electron chi connectivity index (χ4n) is 0.974. The first-order valence-electron chi connectivity index (χ1n) is 5.12. The monoisotopic (exact) mass is 286 g/mol. The first kappa shape index (κ1) is 13.0. The Bertz CT molecular complexity index is 333. The second kappa shape index (κ2) is 6.53. The summed E-state index contributed by atoms with van der Waals surface area (Å²) < 4.78 is 11.2. The van der Waals surface area contributed by atoms with Gasteiger partial charge in [-0.15, -0.1) is 0 Å². The van der Waals surface area contributed by atoms with E-state index in [0.29, 0.717) is 18.3 Å². The molecule has 1 aromatic carbocycles. The standard InChI is InChI=1S/C12H15BrO3/c1-9(2)7-16-12(14)8-15-11-5-3-10(13)4-6-11/h3-6,9H,7-8H2,1-2H3. The van der Waals surface area contributed by atoms with Gasteiger partial charge in [-0.05, 0) is 30.2 Å². The van der Waals surface area contributed by atoms with Crippen molar-refractivity contribution >= 4 is 21.9 Å². The summed E-state index contributed by atoms with van der Waals surface area (Å²) in [4.78, 5) is 11.2. The fourth-order valence-corrected chi connectivity index (χ4v) is 1.24. The smallest absolute Gasteiger partial charge is 0.344 e. The van der Waals surface area contributed by atoms with E-state index in [0.717, 1.165) is 4.47 Å². The van der Waals surface area contributed by atoms with Crippen LogP contribution in [0.3, 0.4) is 0 Å². The van der Waals surface area contributed by atoms with Gasteiger partial charge in [0.2, 0.25) is 0 Å². The summed E-state index contributed by atoms with van der Waals surface area (Å²) in [5.41, 5.74) is 0. The molecule has 0 aliphatic heterocycles. The average Bonchev–Trinajstić information content (AvgIpc) is 2.25. The second-order valence-corrected chi connectivity index (χ2v) is 4.74. The van der Waals surface area contributed by atoms with Gasteiger partial charge in [0.05, 0.1) is 6.61 Å². The molecule has 0 saturated heterocycles. The highest BCUT2D eigenvalue weighted by Crippen LogP contribution is 2.15. The number of esters is 1. The van der Waals surface area contributed by atoms with Crippen LogP contribution in [0.1, 0.15) is 13.8 Å². The van der Waals surface area contributed by atoms with Crippen molar-refractivity contribution in [2.24, 2.45) is 5.92 Å². The first-order chi connectivity index (χ1) is 7.58. The van der Waals surface area contributed by atoms with Crippen LogP contribution in [0.2, 0.25) is 0 Å². The van der Waals surface area contributed by atoms with Gasteiger partial charge >= 0.3 is 5.97 Å². The first-order valence-corrected chi connectivity index (χ1v) is 5.91. The summed E-state index contributed by atoms with van der Waals surface area (Å²) in [6, 6.07) is 7.29. The summed E-state index contributed by atoms with van der Waals surface area (Å²) in [7, 11) is 0. The van der Waals surface area contributed by atoms with Crippen LogP contribution >= 0.6 is 15.9 Å². The van der Waals surface area contributed by atoms with Crippen molar-refractivity contribution in [3.63, 3.8) is 0 Å². The van der Waals surface area contributed by atoms with Crippen molar-refractivity contribution in [3.05, 3.63) is 28.7 Å². The van der Waals surface area contributed by atoms with Crippen LogP contribution in [-0.2, 0) is 9.53 Å². The van der Waals surface area contributed by atoms with Gasteiger partial charge in [0, 0.05) is 4.47 Å². The van der Waals surface area contributed by atoms with Crippen LogP contribution in [0.15, 0.2) is 28.7 Å². The lowest BCUT2D eigenvalue weighted by atomic mass is 10.2. The minimum atomic E-state index is -0.336. The number of hydrogen-bond acceptors (Lipinski definition) is 3. The minimum absolute atomic E-state index is 0.0473. The van der Waals surface area contributed by atoms with E-state index in [4.69, 9.17) is 9.47 Å². The lowest BCUT2D eigenvalue weighted by Gasteiger charge is -2.08. The van der Waals surface area contributed by atoms with Crippen LogP contribution in [0.4, 0.5) is 0 Å². The highest BCUT2D eigenvalue weighted by atomic mass is 79.9. The lowest BCUT2D eigenvalue weighted by molar-refractivity contribution is -0.147. The zero-order chi connectivity index (χ0) is 12.0. The van der Waals surface area contributed by atoms with Gasteiger partial charge in [-0.3, -0.25) is 0 Å². The highest BCUT2D eigenvalue weighted by molar-refractivity contribution is 9.10. The Balaban J connectivity index is 2.29. The topological polar surface area (TPSA) is 35.5 Å². The number of hydrogen-bond donors (Lipinski definition) is 0. The van der Waals surface area contributed by atoms with E-state index in [-0.39, 0.29) is 12.6 Å². The van der Waals surface area contributed by atoms with Crippen LogP contribution in [0.5, 0.6) is 5.75 Å². The molecular weight excluding hydrogens is 272 g/mol. The number of carbonyl (C=O) groups is 1. The number of rotatable bonds is 5. The maximum atomic E-state index is 11.2. The van der Waals surface area contributed by atoms with Gasteiger partial charge in [-0.1, -0.05) is 29.8 Å². The van der Waals surface area contributed by atoms with Gasteiger partial charge in [-0.2, -0.15) is 0 Å². The SMILES string of the molecule is CC(C)COC(=O)COc1ccc(Br)cc1. The van der Waals surface area contributed by atoms with E-state index in [9.17, 15) is 4.79 Å². The third-order valence-electron chi connectivity index (χ3n) is 1.75. The molecule has 1 rings (SSSR count).